The smallest absolute Gasteiger partial charge is 0.141 e. The third-order valence-corrected chi connectivity index (χ3v) is 2.61. The van der Waals surface area contributed by atoms with Crippen molar-refractivity contribution in [3.63, 3.8) is 0 Å². The van der Waals surface area contributed by atoms with E-state index in [0.29, 0.717) is 13.1 Å². The molecule has 1 heterocycles. The van der Waals surface area contributed by atoms with E-state index in [1.807, 2.05) is 13.8 Å². The zero-order valence-electron chi connectivity index (χ0n) is 10.6. The molecule has 0 aliphatic carbocycles. The lowest BCUT2D eigenvalue weighted by Gasteiger charge is -2.24. The van der Waals surface area contributed by atoms with Crippen LogP contribution in [0.3, 0.4) is 0 Å². The molecule has 0 spiro atoms. The van der Waals surface area contributed by atoms with E-state index in [4.69, 9.17) is 4.74 Å². The molecule has 2 unspecified atom stereocenters. The Bertz CT molecular complexity index is 306. The number of aromatic nitrogens is 2. The van der Waals surface area contributed by atoms with Crippen LogP contribution in [0.25, 0.3) is 0 Å². The van der Waals surface area contributed by atoms with Crippen molar-refractivity contribution in [2.45, 2.75) is 32.6 Å². The van der Waals surface area contributed by atoms with E-state index < -0.39 is 6.10 Å². The topological polar surface area (TPSA) is 67.3 Å². The molecule has 0 aliphatic rings. The molecule has 0 radical (unpaired) electrons. The Balaban J connectivity index is 2.34. The van der Waals surface area contributed by atoms with Crippen molar-refractivity contribution >= 4 is 0 Å². The third-order valence-electron chi connectivity index (χ3n) is 2.61. The first-order valence-electron chi connectivity index (χ1n) is 5.82. The van der Waals surface area contributed by atoms with E-state index in [1.54, 1.807) is 25.6 Å². The number of methoxy groups -OCH3 is 1. The number of ether oxygens (including phenoxy) is 1. The number of nitrogens with zero attached hydrogens (tertiary/aromatic N) is 2. The molecule has 0 fully saturated rings. The summed E-state index contributed by atoms with van der Waals surface area (Å²) in [4.78, 5) is 8.21. The van der Waals surface area contributed by atoms with Crippen molar-refractivity contribution in [3.05, 3.63) is 24.3 Å². The van der Waals surface area contributed by atoms with Crippen LogP contribution < -0.4 is 5.32 Å². The molecule has 0 aromatic carbocycles. The number of aliphatic hydroxyl groups is 1. The molecule has 1 aromatic rings. The summed E-state index contributed by atoms with van der Waals surface area (Å²) in [5, 5.41) is 13.1. The predicted molar refractivity (Wildman–Crippen MR) is 65.4 cm³/mol. The molecule has 5 heteroatoms. The molecule has 96 valence electrons. The predicted octanol–water partition coefficient (Wildman–Crippen LogP) is 0.598. The van der Waals surface area contributed by atoms with Crippen molar-refractivity contribution < 1.29 is 9.84 Å². The van der Waals surface area contributed by atoms with Crippen LogP contribution in [0.4, 0.5) is 0 Å². The van der Waals surface area contributed by atoms with Crippen LogP contribution in [0.15, 0.2) is 18.5 Å². The van der Waals surface area contributed by atoms with E-state index in [1.165, 1.54) is 0 Å². The van der Waals surface area contributed by atoms with Gasteiger partial charge in [0.25, 0.3) is 0 Å². The minimum Gasteiger partial charge on any atom is -0.390 e. The second-order valence-electron chi connectivity index (χ2n) is 4.30. The quantitative estimate of drug-likeness (QED) is 0.729. The van der Waals surface area contributed by atoms with Crippen LogP contribution in [0, 0.1) is 5.92 Å². The fourth-order valence-corrected chi connectivity index (χ4v) is 1.52. The average molecular weight is 239 g/mol. The summed E-state index contributed by atoms with van der Waals surface area (Å²) in [5.41, 5.74) is 0. The van der Waals surface area contributed by atoms with Crippen molar-refractivity contribution in [3.8, 4) is 0 Å². The van der Waals surface area contributed by atoms with E-state index in [0.717, 1.165) is 5.82 Å². The highest BCUT2D eigenvalue weighted by atomic mass is 16.5. The molecular weight excluding hydrogens is 218 g/mol. The third kappa shape index (κ3) is 4.77. The summed E-state index contributed by atoms with van der Waals surface area (Å²) in [7, 11) is 1.61. The normalized spacial score (nSPS) is 14.9. The molecule has 0 aliphatic heterocycles. The summed E-state index contributed by atoms with van der Waals surface area (Å²) >= 11 is 0. The summed E-state index contributed by atoms with van der Waals surface area (Å²) in [6, 6.07) is 1.78. The van der Waals surface area contributed by atoms with Crippen LogP contribution in [0.2, 0.25) is 0 Å². The summed E-state index contributed by atoms with van der Waals surface area (Å²) < 4.78 is 5.26. The van der Waals surface area contributed by atoms with Gasteiger partial charge in [-0.2, -0.15) is 0 Å². The van der Waals surface area contributed by atoms with Crippen molar-refractivity contribution in [2.24, 2.45) is 5.92 Å². The van der Waals surface area contributed by atoms with E-state index in [9.17, 15) is 5.11 Å². The van der Waals surface area contributed by atoms with Crippen LogP contribution in [0.5, 0.6) is 0 Å². The zero-order chi connectivity index (χ0) is 12.7. The second kappa shape index (κ2) is 7.32. The summed E-state index contributed by atoms with van der Waals surface area (Å²) in [6.07, 6.45) is 2.74. The Hall–Kier alpha value is -1.04. The van der Waals surface area contributed by atoms with Gasteiger partial charge in [0.15, 0.2) is 0 Å². The van der Waals surface area contributed by atoms with Gasteiger partial charge in [-0.3, -0.25) is 0 Å². The van der Waals surface area contributed by atoms with Crippen LogP contribution in [0.1, 0.15) is 19.7 Å². The summed E-state index contributed by atoms with van der Waals surface area (Å²) in [5.74, 6) is 0.913. The first-order valence-corrected chi connectivity index (χ1v) is 5.82. The highest BCUT2D eigenvalue weighted by Gasteiger charge is 2.21. The lowest BCUT2D eigenvalue weighted by Crippen LogP contribution is -2.40. The van der Waals surface area contributed by atoms with E-state index in [-0.39, 0.29) is 12.0 Å². The molecule has 0 amide bonds. The lowest BCUT2D eigenvalue weighted by atomic mass is 10.0. The molecule has 0 bridgehead atoms. The molecule has 5 nitrogen and oxygen atoms in total. The van der Waals surface area contributed by atoms with Crippen LogP contribution in [-0.2, 0) is 11.3 Å². The first kappa shape index (κ1) is 14.0. The van der Waals surface area contributed by atoms with Crippen molar-refractivity contribution in [1.82, 2.24) is 15.3 Å². The van der Waals surface area contributed by atoms with Gasteiger partial charge in [-0.05, 0) is 12.0 Å². The van der Waals surface area contributed by atoms with Gasteiger partial charge in [0.2, 0.25) is 0 Å². The lowest BCUT2D eigenvalue weighted by molar-refractivity contribution is -0.0329. The van der Waals surface area contributed by atoms with Crippen LogP contribution >= 0.6 is 0 Å². The number of hydrogen-bond donors (Lipinski definition) is 2. The van der Waals surface area contributed by atoms with Gasteiger partial charge < -0.3 is 15.2 Å². The SMILES string of the molecule is COC(CNCc1ncccn1)C(O)C(C)C. The van der Waals surface area contributed by atoms with Crippen molar-refractivity contribution in [1.29, 1.82) is 0 Å². The van der Waals surface area contributed by atoms with E-state index >= 15 is 0 Å². The molecule has 2 atom stereocenters. The largest absolute Gasteiger partial charge is 0.390 e. The minimum atomic E-state index is -0.468. The minimum absolute atomic E-state index is 0.176. The zero-order valence-corrected chi connectivity index (χ0v) is 10.6. The fourth-order valence-electron chi connectivity index (χ4n) is 1.52. The number of rotatable bonds is 7. The van der Waals surface area contributed by atoms with E-state index in [2.05, 4.69) is 15.3 Å². The Morgan fingerprint density at radius 1 is 1.35 bits per heavy atom. The van der Waals surface area contributed by atoms with Crippen LogP contribution in [-0.4, -0.2) is 40.9 Å². The van der Waals surface area contributed by atoms with Gasteiger partial charge in [0, 0.05) is 26.0 Å². The highest BCUT2D eigenvalue weighted by Crippen LogP contribution is 2.08. The molecule has 2 N–H and O–H groups in total. The van der Waals surface area contributed by atoms with Crippen molar-refractivity contribution in [2.75, 3.05) is 13.7 Å². The molecule has 0 saturated carbocycles. The van der Waals surface area contributed by atoms with Gasteiger partial charge in [-0.25, -0.2) is 9.97 Å². The molecule has 17 heavy (non-hydrogen) atoms. The maximum atomic E-state index is 9.89. The Labute approximate surface area is 102 Å². The Morgan fingerprint density at radius 3 is 2.53 bits per heavy atom. The molecular formula is C12H21N3O2. The number of aliphatic hydroxyl groups excluding tert-OH is 1. The monoisotopic (exact) mass is 239 g/mol. The second-order valence-corrected chi connectivity index (χ2v) is 4.30. The van der Waals surface area contributed by atoms with Gasteiger partial charge in [0.1, 0.15) is 5.82 Å². The first-order chi connectivity index (χ1) is 8.15. The fraction of sp³-hybridized carbons (Fsp3) is 0.667. The standard InChI is InChI=1S/C12H21N3O2/c1-9(2)12(16)10(17-3)7-13-8-11-14-5-4-6-15-11/h4-6,9-10,12-13,16H,7-8H2,1-3H3. The summed E-state index contributed by atoms with van der Waals surface area (Å²) in [6.45, 7) is 5.09. The highest BCUT2D eigenvalue weighted by molar-refractivity contribution is 4.88. The van der Waals surface area contributed by atoms with Gasteiger partial charge >= 0.3 is 0 Å². The molecule has 1 aromatic heterocycles. The Kier molecular flexibility index (Phi) is 6.04. The number of hydrogen-bond acceptors (Lipinski definition) is 5. The van der Waals surface area contributed by atoms with Gasteiger partial charge in [-0.15, -0.1) is 0 Å². The maximum Gasteiger partial charge on any atom is 0.141 e. The number of nitrogens with one attached hydrogen (secondary N) is 1. The molecule has 1 rings (SSSR count). The van der Waals surface area contributed by atoms with Gasteiger partial charge in [0.05, 0.1) is 18.8 Å². The maximum absolute atomic E-state index is 9.89. The Morgan fingerprint density at radius 2 is 2.00 bits per heavy atom. The average Bonchev–Trinajstić information content (AvgIpc) is 2.35. The molecule has 0 saturated heterocycles. The van der Waals surface area contributed by atoms with Gasteiger partial charge in [-0.1, -0.05) is 13.8 Å².